The van der Waals surface area contributed by atoms with Crippen LogP contribution in [0.2, 0.25) is 0 Å². The Morgan fingerprint density at radius 1 is 1.47 bits per heavy atom. The van der Waals surface area contributed by atoms with E-state index in [9.17, 15) is 4.79 Å². The topological polar surface area (TPSA) is 81.5 Å². The van der Waals surface area contributed by atoms with Gasteiger partial charge in [0.2, 0.25) is 0 Å². The molecule has 1 aromatic carbocycles. The second-order valence-corrected chi connectivity index (χ2v) is 3.43. The Hall–Kier alpha value is -1.88. The van der Waals surface area contributed by atoms with Crippen LogP contribution in [0, 0.1) is 0 Å². The summed E-state index contributed by atoms with van der Waals surface area (Å²) >= 11 is 0. The second-order valence-electron chi connectivity index (χ2n) is 3.43. The first-order valence-corrected chi connectivity index (χ1v) is 4.75. The minimum Gasteiger partial charge on any atom is -0.379 e. The zero-order chi connectivity index (χ0) is 11.1. The van der Waals surface area contributed by atoms with Gasteiger partial charge in [0.25, 0.3) is 0 Å². The first-order valence-electron chi connectivity index (χ1n) is 4.75. The van der Waals surface area contributed by atoms with Crippen LogP contribution in [0.15, 0.2) is 29.4 Å². The number of primary amides is 1. The molecule has 1 aromatic rings. The number of carbonyl (C=O) groups excluding carboxylic acids is 1. The lowest BCUT2D eigenvalue weighted by Crippen LogP contribution is -2.51. The first kappa shape index (κ1) is 9.67. The number of rotatable bonds is 1. The molecule has 0 spiro atoms. The highest BCUT2D eigenvalue weighted by Crippen LogP contribution is 2.33. The number of fused-ring (bicyclic) bond motifs is 1. The molecule has 0 saturated heterocycles. The van der Waals surface area contributed by atoms with E-state index in [-0.39, 0.29) is 4.59 Å². The van der Waals surface area contributed by atoms with Crippen molar-refractivity contribution in [2.75, 3.05) is 6.54 Å². The average Bonchev–Trinajstić information content (AvgIpc) is 2.54. The summed E-state index contributed by atoms with van der Waals surface area (Å²) in [5.41, 5.74) is 12.7. The SMILES string of the molecule is CC[N+]1(C(N)=O)N=C(N)c2ccccc21. The van der Waals surface area contributed by atoms with Crippen LogP contribution in [-0.2, 0) is 0 Å². The van der Waals surface area contributed by atoms with Crippen LogP contribution in [0.3, 0.4) is 0 Å². The van der Waals surface area contributed by atoms with E-state index in [1.54, 1.807) is 0 Å². The fourth-order valence-electron chi connectivity index (χ4n) is 1.87. The fourth-order valence-corrected chi connectivity index (χ4v) is 1.87. The van der Waals surface area contributed by atoms with E-state index in [0.29, 0.717) is 12.4 Å². The van der Waals surface area contributed by atoms with Gasteiger partial charge in [0.05, 0.1) is 5.56 Å². The van der Waals surface area contributed by atoms with Crippen molar-refractivity contribution in [1.82, 2.24) is 4.59 Å². The van der Waals surface area contributed by atoms with Gasteiger partial charge in [0.1, 0.15) is 6.54 Å². The predicted octanol–water partition coefficient (Wildman–Crippen LogP) is 0.726. The second kappa shape index (κ2) is 3.06. The molecule has 0 aromatic heterocycles. The number of carbonyl (C=O) groups is 1. The summed E-state index contributed by atoms with van der Waals surface area (Å²) in [5, 5.41) is 4.16. The number of para-hydroxylation sites is 1. The molecule has 0 bridgehead atoms. The lowest BCUT2D eigenvalue weighted by molar-refractivity contribution is 0.214. The number of quaternary nitrogens is 1. The summed E-state index contributed by atoms with van der Waals surface area (Å²) in [6.45, 7) is 2.32. The molecule has 0 saturated carbocycles. The van der Waals surface area contributed by atoms with Gasteiger partial charge in [-0.3, -0.25) is 0 Å². The van der Waals surface area contributed by atoms with E-state index in [4.69, 9.17) is 11.5 Å². The standard InChI is InChI=1S/C10H12N4O/c1-2-14(10(12)15)8-6-4-3-5-7(8)9(11)13-14/h3-6H,2H2,1H3,(H3-,11,12,13,15)/p+1. The Bertz CT molecular complexity index is 454. The molecule has 2 rings (SSSR count). The van der Waals surface area contributed by atoms with Gasteiger partial charge in [-0.25, -0.2) is 4.79 Å². The van der Waals surface area contributed by atoms with Crippen molar-refractivity contribution in [3.8, 4) is 0 Å². The number of nitrogens with zero attached hydrogens (tertiary/aromatic N) is 2. The van der Waals surface area contributed by atoms with Crippen LogP contribution in [0.4, 0.5) is 10.5 Å². The molecule has 5 nitrogen and oxygen atoms in total. The van der Waals surface area contributed by atoms with E-state index in [2.05, 4.69) is 5.10 Å². The normalized spacial score (nSPS) is 23.4. The Labute approximate surface area is 87.6 Å². The Morgan fingerprint density at radius 3 is 2.73 bits per heavy atom. The molecule has 5 heteroatoms. The maximum Gasteiger partial charge on any atom is 0.445 e. The number of hydrogen-bond acceptors (Lipinski definition) is 3. The maximum atomic E-state index is 11.5. The fraction of sp³-hybridized carbons (Fsp3) is 0.200. The minimum absolute atomic E-state index is 0.234. The number of amidine groups is 1. The van der Waals surface area contributed by atoms with Gasteiger partial charge in [-0.1, -0.05) is 16.7 Å². The van der Waals surface area contributed by atoms with Gasteiger partial charge in [0.15, 0.2) is 11.5 Å². The highest BCUT2D eigenvalue weighted by atomic mass is 16.2. The molecule has 2 amide bonds. The van der Waals surface area contributed by atoms with Gasteiger partial charge in [0, 0.05) is 6.07 Å². The van der Waals surface area contributed by atoms with E-state index >= 15 is 0 Å². The zero-order valence-corrected chi connectivity index (χ0v) is 8.47. The van der Waals surface area contributed by atoms with Crippen LogP contribution >= 0.6 is 0 Å². The summed E-state index contributed by atoms with van der Waals surface area (Å²) in [5.74, 6) is 0.367. The zero-order valence-electron chi connectivity index (χ0n) is 8.47. The van der Waals surface area contributed by atoms with Crippen molar-refractivity contribution < 1.29 is 4.79 Å². The quantitative estimate of drug-likeness (QED) is 0.662. The summed E-state index contributed by atoms with van der Waals surface area (Å²) in [6, 6.07) is 6.86. The third kappa shape index (κ3) is 1.13. The van der Waals surface area contributed by atoms with Crippen molar-refractivity contribution in [2.45, 2.75) is 6.92 Å². The van der Waals surface area contributed by atoms with E-state index in [1.807, 2.05) is 31.2 Å². The monoisotopic (exact) mass is 205 g/mol. The molecular weight excluding hydrogens is 192 g/mol. The average molecular weight is 205 g/mol. The molecule has 4 N–H and O–H groups in total. The molecule has 15 heavy (non-hydrogen) atoms. The number of hydrogen-bond donors (Lipinski definition) is 2. The van der Waals surface area contributed by atoms with Crippen molar-refractivity contribution in [2.24, 2.45) is 16.6 Å². The van der Waals surface area contributed by atoms with Gasteiger partial charge in [-0.05, 0) is 18.1 Å². The van der Waals surface area contributed by atoms with Gasteiger partial charge < -0.3 is 11.5 Å². The predicted molar refractivity (Wildman–Crippen MR) is 59.1 cm³/mol. The lowest BCUT2D eigenvalue weighted by atomic mass is 10.1. The maximum absolute atomic E-state index is 11.5. The van der Waals surface area contributed by atoms with Crippen LogP contribution < -0.4 is 16.1 Å². The summed E-state index contributed by atoms with van der Waals surface area (Å²) in [6.07, 6.45) is 0. The molecule has 1 unspecified atom stereocenters. The van der Waals surface area contributed by atoms with E-state index < -0.39 is 6.03 Å². The van der Waals surface area contributed by atoms with Gasteiger partial charge in [-0.15, -0.1) is 0 Å². The Morgan fingerprint density at radius 2 is 2.13 bits per heavy atom. The first-order chi connectivity index (χ1) is 7.12. The molecule has 78 valence electrons. The Balaban J connectivity index is 2.69. The third-order valence-corrected chi connectivity index (χ3v) is 2.68. The van der Waals surface area contributed by atoms with Crippen molar-refractivity contribution in [3.05, 3.63) is 29.8 Å². The number of benzene rings is 1. The molecule has 0 radical (unpaired) electrons. The molecule has 1 aliphatic heterocycles. The van der Waals surface area contributed by atoms with Crippen molar-refractivity contribution in [1.29, 1.82) is 0 Å². The van der Waals surface area contributed by atoms with Crippen molar-refractivity contribution >= 4 is 17.6 Å². The molecule has 0 aliphatic carbocycles. The molecule has 1 aliphatic rings. The Kier molecular flexibility index (Phi) is 1.97. The molecular formula is C10H13N4O+. The van der Waals surface area contributed by atoms with Gasteiger partial charge >= 0.3 is 6.03 Å². The minimum atomic E-state index is -0.509. The number of urea groups is 1. The highest BCUT2D eigenvalue weighted by molar-refractivity contribution is 6.09. The lowest BCUT2D eigenvalue weighted by Gasteiger charge is -2.21. The summed E-state index contributed by atoms with van der Waals surface area (Å²) in [7, 11) is 0. The van der Waals surface area contributed by atoms with Crippen LogP contribution in [0.25, 0.3) is 0 Å². The number of nitrogens with two attached hydrogens (primary N) is 2. The van der Waals surface area contributed by atoms with Crippen LogP contribution in [0.5, 0.6) is 0 Å². The molecule has 0 fully saturated rings. The van der Waals surface area contributed by atoms with E-state index in [1.165, 1.54) is 0 Å². The highest BCUT2D eigenvalue weighted by Gasteiger charge is 2.44. The molecule has 1 atom stereocenters. The van der Waals surface area contributed by atoms with Crippen LogP contribution in [-0.4, -0.2) is 18.4 Å². The number of amides is 2. The largest absolute Gasteiger partial charge is 0.445 e. The molecule has 1 heterocycles. The van der Waals surface area contributed by atoms with E-state index in [0.717, 1.165) is 11.3 Å². The smallest absolute Gasteiger partial charge is 0.379 e. The van der Waals surface area contributed by atoms with Gasteiger partial charge in [-0.2, -0.15) is 0 Å². The summed E-state index contributed by atoms with van der Waals surface area (Å²) in [4.78, 5) is 11.5. The third-order valence-electron chi connectivity index (χ3n) is 2.68. The van der Waals surface area contributed by atoms with Crippen LogP contribution in [0.1, 0.15) is 12.5 Å². The summed E-state index contributed by atoms with van der Waals surface area (Å²) < 4.78 is -0.234. The van der Waals surface area contributed by atoms with Crippen molar-refractivity contribution in [3.63, 3.8) is 0 Å².